The molecule has 0 unspecified atom stereocenters. The first-order valence-electron chi connectivity index (χ1n) is 3.12. The van der Waals surface area contributed by atoms with Crippen LogP contribution in [-0.4, -0.2) is 39.1 Å². The molecule has 5 nitrogen and oxygen atoms in total. The molecule has 1 saturated heterocycles. The quantitative estimate of drug-likeness (QED) is 0.405. The van der Waals surface area contributed by atoms with Crippen molar-refractivity contribution < 1.29 is 17.3 Å². The van der Waals surface area contributed by atoms with Crippen LogP contribution in [0.15, 0.2) is 0 Å². The monoisotopic (exact) mass is 166 g/mol. The van der Waals surface area contributed by atoms with E-state index >= 15 is 0 Å². The van der Waals surface area contributed by atoms with Crippen LogP contribution in [0.5, 0.6) is 0 Å². The van der Waals surface area contributed by atoms with E-state index in [0.717, 1.165) is 0 Å². The van der Waals surface area contributed by atoms with Crippen LogP contribution < -0.4 is 9.62 Å². The maximum Gasteiger partial charge on any atom is 0.252 e. The summed E-state index contributed by atoms with van der Waals surface area (Å²) < 4.78 is 31.2. The Hall–Kier alpha value is -0.170. The molecule has 0 aromatic heterocycles. The predicted molar refractivity (Wildman–Crippen MR) is 33.3 cm³/mol. The molecule has 0 amide bonds. The van der Waals surface area contributed by atoms with Crippen molar-refractivity contribution in [3.05, 3.63) is 0 Å². The summed E-state index contributed by atoms with van der Waals surface area (Å²) in [6.45, 7) is 1.98. The van der Waals surface area contributed by atoms with Gasteiger partial charge in [0.2, 0.25) is 0 Å². The molecule has 0 atom stereocenters. The molecule has 0 aromatic carbocycles. The molecule has 0 saturated carbocycles. The van der Waals surface area contributed by atoms with E-state index in [2.05, 4.69) is 5.32 Å². The van der Waals surface area contributed by atoms with Gasteiger partial charge in [-0.1, -0.05) is 0 Å². The first-order valence-corrected chi connectivity index (χ1v) is 4.53. The summed E-state index contributed by atoms with van der Waals surface area (Å²) in [4.78, 5) is 0. The van der Waals surface area contributed by atoms with Gasteiger partial charge in [0.15, 0.2) is 0 Å². The van der Waals surface area contributed by atoms with E-state index in [1.807, 2.05) is 0 Å². The minimum Gasteiger partial charge on any atom is -0.702 e. The summed E-state index contributed by atoms with van der Waals surface area (Å²) in [7, 11) is -4.10. The second-order valence-corrected chi connectivity index (χ2v) is 3.73. The summed E-state index contributed by atoms with van der Waals surface area (Å²) in [5.74, 6) is 0. The Balaban J connectivity index is 2.56. The van der Waals surface area contributed by atoms with Gasteiger partial charge in [-0.25, -0.2) is 4.31 Å². The van der Waals surface area contributed by atoms with E-state index < -0.39 is 10.3 Å². The molecule has 60 valence electrons. The van der Waals surface area contributed by atoms with Crippen molar-refractivity contribution in [3.8, 4) is 0 Å². The Morgan fingerprint density at radius 1 is 1.30 bits per heavy atom. The SMILES string of the molecule is O=S(=O)([O-])[NH+]1CCNCC1. The van der Waals surface area contributed by atoms with Gasteiger partial charge in [0.05, 0.1) is 0 Å². The minimum atomic E-state index is -4.10. The van der Waals surface area contributed by atoms with Crippen molar-refractivity contribution in [2.45, 2.75) is 0 Å². The van der Waals surface area contributed by atoms with E-state index in [9.17, 15) is 13.0 Å². The molecule has 0 radical (unpaired) electrons. The number of hydrogen-bond donors (Lipinski definition) is 2. The Bertz CT molecular complexity index is 195. The molecule has 0 aromatic rings. The molecule has 1 aliphatic heterocycles. The highest BCUT2D eigenvalue weighted by molar-refractivity contribution is 7.79. The lowest BCUT2D eigenvalue weighted by Gasteiger charge is -2.25. The third-order valence-corrected chi connectivity index (χ3v) is 2.63. The van der Waals surface area contributed by atoms with Crippen molar-refractivity contribution in [2.24, 2.45) is 0 Å². The Morgan fingerprint density at radius 3 is 2.10 bits per heavy atom. The first kappa shape index (κ1) is 7.93. The van der Waals surface area contributed by atoms with Crippen LogP contribution in [0.3, 0.4) is 0 Å². The number of hydrogen-bond acceptors (Lipinski definition) is 4. The van der Waals surface area contributed by atoms with Gasteiger partial charge >= 0.3 is 0 Å². The van der Waals surface area contributed by atoms with Crippen molar-refractivity contribution in [2.75, 3.05) is 26.2 Å². The van der Waals surface area contributed by atoms with Crippen LogP contribution >= 0.6 is 0 Å². The summed E-state index contributed by atoms with van der Waals surface area (Å²) in [6.07, 6.45) is 0. The highest BCUT2D eigenvalue weighted by Gasteiger charge is 2.17. The third-order valence-electron chi connectivity index (χ3n) is 1.51. The van der Waals surface area contributed by atoms with Crippen LogP contribution in [0.1, 0.15) is 0 Å². The first-order chi connectivity index (χ1) is 4.61. The molecule has 1 fully saturated rings. The number of quaternary nitrogens is 1. The fourth-order valence-corrected chi connectivity index (χ4v) is 1.66. The van der Waals surface area contributed by atoms with Crippen molar-refractivity contribution >= 4 is 10.3 Å². The molecule has 1 aliphatic rings. The van der Waals surface area contributed by atoms with E-state index in [4.69, 9.17) is 0 Å². The molecule has 10 heavy (non-hydrogen) atoms. The fourth-order valence-electron chi connectivity index (χ4n) is 0.956. The van der Waals surface area contributed by atoms with Crippen LogP contribution in [0.4, 0.5) is 0 Å². The summed E-state index contributed by atoms with van der Waals surface area (Å²) in [6, 6.07) is 0. The Kier molecular flexibility index (Phi) is 2.24. The highest BCUT2D eigenvalue weighted by atomic mass is 32.2. The molecular weight excluding hydrogens is 156 g/mol. The zero-order valence-corrected chi connectivity index (χ0v) is 6.28. The number of piperazine rings is 1. The zero-order valence-electron chi connectivity index (χ0n) is 5.46. The van der Waals surface area contributed by atoms with E-state index in [0.29, 0.717) is 26.2 Å². The lowest BCUT2D eigenvalue weighted by molar-refractivity contribution is -0.775. The van der Waals surface area contributed by atoms with Gasteiger partial charge in [-0.3, -0.25) is 0 Å². The van der Waals surface area contributed by atoms with Crippen LogP contribution in [-0.2, 0) is 10.3 Å². The van der Waals surface area contributed by atoms with Gasteiger partial charge in [-0.05, 0) is 0 Å². The second kappa shape index (κ2) is 2.83. The normalized spacial score (nSPS) is 22.9. The van der Waals surface area contributed by atoms with E-state index in [-0.39, 0.29) is 4.31 Å². The topological polar surface area (TPSA) is 73.7 Å². The maximum absolute atomic E-state index is 10.4. The summed E-state index contributed by atoms with van der Waals surface area (Å²) in [5.41, 5.74) is 0. The van der Waals surface area contributed by atoms with Crippen LogP contribution in [0.25, 0.3) is 0 Å². The van der Waals surface area contributed by atoms with E-state index in [1.54, 1.807) is 0 Å². The Labute approximate surface area is 59.9 Å². The predicted octanol–water partition coefficient (Wildman–Crippen LogP) is -3.07. The van der Waals surface area contributed by atoms with Gasteiger partial charge in [0.25, 0.3) is 10.3 Å². The van der Waals surface area contributed by atoms with Gasteiger partial charge in [0.1, 0.15) is 13.1 Å². The fraction of sp³-hybridized carbons (Fsp3) is 1.00. The highest BCUT2D eigenvalue weighted by Crippen LogP contribution is 1.68. The van der Waals surface area contributed by atoms with Crippen molar-refractivity contribution in [1.82, 2.24) is 5.32 Å². The standard InChI is InChI=1S/C4H10N2O3S/c7-10(8,9)6-3-1-5-2-4-6/h5H,1-4H2,(H,7,8,9). The van der Waals surface area contributed by atoms with Crippen molar-refractivity contribution in [3.63, 3.8) is 0 Å². The van der Waals surface area contributed by atoms with Gasteiger partial charge < -0.3 is 9.87 Å². The zero-order chi connectivity index (χ0) is 7.61. The summed E-state index contributed by atoms with van der Waals surface area (Å²) >= 11 is 0. The largest absolute Gasteiger partial charge is 0.702 e. The third kappa shape index (κ3) is 1.91. The summed E-state index contributed by atoms with van der Waals surface area (Å²) in [5, 5.41) is 2.96. The lowest BCUT2D eigenvalue weighted by Crippen LogP contribution is -3.16. The molecule has 2 N–H and O–H groups in total. The van der Waals surface area contributed by atoms with Gasteiger partial charge in [0, 0.05) is 13.1 Å². The molecule has 6 heteroatoms. The average molecular weight is 166 g/mol. The van der Waals surface area contributed by atoms with Crippen LogP contribution in [0, 0.1) is 0 Å². The van der Waals surface area contributed by atoms with Crippen LogP contribution in [0.2, 0.25) is 0 Å². The smallest absolute Gasteiger partial charge is 0.252 e. The molecule has 0 bridgehead atoms. The molecule has 0 aliphatic carbocycles. The van der Waals surface area contributed by atoms with Gasteiger partial charge in [-0.15, -0.1) is 0 Å². The van der Waals surface area contributed by atoms with Crippen molar-refractivity contribution in [1.29, 1.82) is 0 Å². The molecule has 0 spiro atoms. The lowest BCUT2D eigenvalue weighted by atomic mass is 10.4. The number of nitrogens with one attached hydrogen (secondary N) is 2. The minimum absolute atomic E-state index is 0.145. The van der Waals surface area contributed by atoms with E-state index in [1.165, 1.54) is 0 Å². The second-order valence-electron chi connectivity index (χ2n) is 2.24. The van der Waals surface area contributed by atoms with Gasteiger partial charge in [-0.2, -0.15) is 8.42 Å². The average Bonchev–Trinajstić information content (AvgIpc) is 1.88. The maximum atomic E-state index is 10.4. The molecule has 1 rings (SSSR count). The Morgan fingerprint density at radius 2 is 1.80 bits per heavy atom. The molecular formula is C4H10N2O3S. The molecule has 1 heterocycles. The number of rotatable bonds is 1.